The van der Waals surface area contributed by atoms with Gasteiger partial charge < -0.3 is 10.5 Å². The van der Waals surface area contributed by atoms with Crippen LogP contribution in [0.3, 0.4) is 0 Å². The van der Waals surface area contributed by atoms with E-state index in [2.05, 4.69) is 10.3 Å². The maximum Gasteiger partial charge on any atom is 0.256 e. The first-order chi connectivity index (χ1) is 7.75. The molecule has 2 heterocycles. The van der Waals surface area contributed by atoms with Crippen LogP contribution >= 0.6 is 0 Å². The van der Waals surface area contributed by atoms with Gasteiger partial charge in [0.05, 0.1) is 5.56 Å². The second-order valence-corrected chi connectivity index (χ2v) is 3.14. The Labute approximate surface area is 92.0 Å². The molecule has 16 heavy (non-hydrogen) atoms. The molecule has 0 aliphatic heterocycles. The van der Waals surface area contributed by atoms with E-state index in [0.717, 1.165) is 0 Å². The van der Waals surface area contributed by atoms with Gasteiger partial charge in [0.15, 0.2) is 12.4 Å². The number of pyridine rings is 2. The highest BCUT2D eigenvalue weighted by molar-refractivity contribution is 6.03. The molecule has 0 unspecified atom stereocenters. The third-order valence-corrected chi connectivity index (χ3v) is 2.00. The Morgan fingerprint density at radius 1 is 1.19 bits per heavy atom. The van der Waals surface area contributed by atoms with Crippen LogP contribution in [0.25, 0.3) is 0 Å². The summed E-state index contributed by atoms with van der Waals surface area (Å²) in [7, 11) is 0. The molecule has 5 heteroatoms. The molecule has 0 aliphatic rings. The van der Waals surface area contributed by atoms with E-state index < -0.39 is 0 Å². The number of anilines is 1. The highest BCUT2D eigenvalue weighted by Gasteiger charge is 2.06. The number of aromatic nitrogens is 2. The molecule has 1 amide bonds. The number of carbonyl (C=O) groups is 1. The zero-order valence-corrected chi connectivity index (χ0v) is 8.33. The predicted molar refractivity (Wildman–Crippen MR) is 57.6 cm³/mol. The number of amides is 1. The predicted octanol–water partition coefficient (Wildman–Crippen LogP) is 0.967. The zero-order valence-electron chi connectivity index (χ0n) is 8.33. The van der Waals surface area contributed by atoms with Gasteiger partial charge in [-0.2, -0.15) is 4.73 Å². The number of hydrogen-bond acceptors (Lipinski definition) is 3. The summed E-state index contributed by atoms with van der Waals surface area (Å²) in [6.07, 6.45) is 5.74. The lowest BCUT2D eigenvalue weighted by Gasteiger charge is -2.03. The summed E-state index contributed by atoms with van der Waals surface area (Å²) in [5.74, 6) is -0.258. The molecule has 0 aromatic carbocycles. The van der Waals surface area contributed by atoms with E-state index in [9.17, 15) is 10.0 Å². The topological polar surface area (TPSA) is 68.9 Å². The molecule has 0 spiro atoms. The number of hydrogen-bond donors (Lipinski definition) is 1. The molecule has 2 aromatic rings. The van der Waals surface area contributed by atoms with Crippen LogP contribution in [0.1, 0.15) is 10.4 Å². The molecule has 0 saturated carbocycles. The van der Waals surface area contributed by atoms with Gasteiger partial charge in [0.1, 0.15) is 0 Å². The quantitative estimate of drug-likeness (QED) is 0.599. The number of rotatable bonds is 2. The Hall–Kier alpha value is -2.43. The van der Waals surface area contributed by atoms with Gasteiger partial charge in [-0.1, -0.05) is 0 Å². The minimum absolute atomic E-state index is 0.258. The Bertz CT molecular complexity index is 482. The van der Waals surface area contributed by atoms with E-state index in [-0.39, 0.29) is 5.91 Å². The van der Waals surface area contributed by atoms with Gasteiger partial charge in [0.25, 0.3) is 5.91 Å². The lowest BCUT2D eigenvalue weighted by molar-refractivity contribution is -0.605. The van der Waals surface area contributed by atoms with E-state index in [1.807, 2.05) is 0 Å². The summed E-state index contributed by atoms with van der Waals surface area (Å²) in [6.45, 7) is 0. The van der Waals surface area contributed by atoms with E-state index in [4.69, 9.17) is 0 Å². The van der Waals surface area contributed by atoms with Gasteiger partial charge in [-0.25, -0.2) is 0 Å². The van der Waals surface area contributed by atoms with Gasteiger partial charge in [-0.3, -0.25) is 9.78 Å². The van der Waals surface area contributed by atoms with Crippen molar-refractivity contribution in [3.8, 4) is 0 Å². The zero-order chi connectivity index (χ0) is 11.4. The fourth-order valence-electron chi connectivity index (χ4n) is 1.20. The van der Waals surface area contributed by atoms with E-state index in [1.165, 1.54) is 24.5 Å². The van der Waals surface area contributed by atoms with Crippen molar-refractivity contribution in [3.05, 3.63) is 59.8 Å². The van der Waals surface area contributed by atoms with Crippen LogP contribution in [0, 0.1) is 5.21 Å². The Balaban J connectivity index is 2.12. The molecule has 0 aliphatic carbocycles. The third-order valence-electron chi connectivity index (χ3n) is 2.00. The first-order valence-corrected chi connectivity index (χ1v) is 4.66. The molecular weight excluding hydrogens is 206 g/mol. The molecule has 0 atom stereocenters. The van der Waals surface area contributed by atoms with Gasteiger partial charge >= 0.3 is 0 Å². The van der Waals surface area contributed by atoms with Crippen molar-refractivity contribution in [1.29, 1.82) is 0 Å². The fraction of sp³-hybridized carbons (Fsp3) is 0. The molecule has 0 fully saturated rings. The van der Waals surface area contributed by atoms with Crippen LogP contribution in [-0.2, 0) is 0 Å². The first-order valence-electron chi connectivity index (χ1n) is 4.66. The molecule has 0 bridgehead atoms. The van der Waals surface area contributed by atoms with Crippen LogP contribution in [-0.4, -0.2) is 10.9 Å². The lowest BCUT2D eigenvalue weighted by Crippen LogP contribution is -2.25. The second-order valence-electron chi connectivity index (χ2n) is 3.14. The fourth-order valence-corrected chi connectivity index (χ4v) is 1.20. The normalized spacial score (nSPS) is 9.75. The van der Waals surface area contributed by atoms with Crippen molar-refractivity contribution in [1.82, 2.24) is 4.98 Å². The molecule has 80 valence electrons. The highest BCUT2D eigenvalue weighted by atomic mass is 16.5. The van der Waals surface area contributed by atoms with Gasteiger partial charge in [0, 0.05) is 30.2 Å². The minimum atomic E-state index is -0.258. The van der Waals surface area contributed by atoms with Gasteiger partial charge in [-0.15, -0.1) is 0 Å². The van der Waals surface area contributed by atoms with Crippen molar-refractivity contribution in [2.24, 2.45) is 0 Å². The maximum atomic E-state index is 11.7. The third kappa shape index (κ3) is 2.33. The van der Waals surface area contributed by atoms with Gasteiger partial charge in [-0.05, 0) is 12.1 Å². The van der Waals surface area contributed by atoms with E-state index >= 15 is 0 Å². The number of carbonyl (C=O) groups excluding carboxylic acids is 1. The smallest absolute Gasteiger partial charge is 0.256 e. The van der Waals surface area contributed by atoms with Crippen molar-refractivity contribution >= 4 is 11.6 Å². The lowest BCUT2D eigenvalue weighted by atomic mass is 10.2. The highest BCUT2D eigenvalue weighted by Crippen LogP contribution is 2.06. The largest absolute Gasteiger partial charge is 0.619 e. The molecule has 2 rings (SSSR count). The Morgan fingerprint density at radius 2 is 1.81 bits per heavy atom. The summed E-state index contributed by atoms with van der Waals surface area (Å²) in [4.78, 5) is 15.5. The summed E-state index contributed by atoms with van der Waals surface area (Å²) in [6, 6.07) is 6.30. The number of nitrogens with zero attached hydrogens (tertiary/aromatic N) is 2. The molecule has 5 nitrogen and oxygen atoms in total. The van der Waals surface area contributed by atoms with E-state index in [0.29, 0.717) is 16.0 Å². The average molecular weight is 215 g/mol. The van der Waals surface area contributed by atoms with Crippen LogP contribution in [0.2, 0.25) is 0 Å². The summed E-state index contributed by atoms with van der Waals surface area (Å²) in [5.41, 5.74) is 1.10. The standard InChI is InChI=1S/C11H9N3O2/c15-11(9-3-7-14(16)8-4-9)13-10-1-5-12-6-2-10/h1-8H,(H,12,13,15). The maximum absolute atomic E-state index is 11.7. The average Bonchev–Trinajstić information content (AvgIpc) is 2.31. The SMILES string of the molecule is O=C(Nc1ccncc1)c1cc[n+]([O-])cc1. The molecule has 0 radical (unpaired) electrons. The summed E-state index contributed by atoms with van der Waals surface area (Å²) in [5, 5.41) is 13.5. The van der Waals surface area contributed by atoms with E-state index in [1.54, 1.807) is 24.5 Å². The van der Waals surface area contributed by atoms with Crippen LogP contribution in [0.5, 0.6) is 0 Å². The van der Waals surface area contributed by atoms with Gasteiger partial charge in [0.2, 0.25) is 0 Å². The first kappa shape index (κ1) is 10.1. The van der Waals surface area contributed by atoms with Crippen molar-refractivity contribution < 1.29 is 9.52 Å². The second kappa shape index (κ2) is 4.39. The Morgan fingerprint density at radius 3 is 2.44 bits per heavy atom. The summed E-state index contributed by atoms with van der Waals surface area (Å²) < 4.78 is 0.628. The van der Waals surface area contributed by atoms with Crippen LogP contribution < -0.4 is 10.0 Å². The monoisotopic (exact) mass is 215 g/mol. The number of nitrogens with one attached hydrogen (secondary N) is 1. The van der Waals surface area contributed by atoms with Crippen LogP contribution in [0.4, 0.5) is 5.69 Å². The molecular formula is C11H9N3O2. The minimum Gasteiger partial charge on any atom is -0.619 e. The van der Waals surface area contributed by atoms with Crippen molar-refractivity contribution in [2.45, 2.75) is 0 Å². The molecule has 1 N–H and O–H groups in total. The molecule has 0 saturated heterocycles. The van der Waals surface area contributed by atoms with Crippen molar-refractivity contribution in [2.75, 3.05) is 5.32 Å². The van der Waals surface area contributed by atoms with Crippen LogP contribution in [0.15, 0.2) is 49.1 Å². The molecule has 2 aromatic heterocycles. The van der Waals surface area contributed by atoms with Crippen molar-refractivity contribution in [3.63, 3.8) is 0 Å². The summed E-state index contributed by atoms with van der Waals surface area (Å²) >= 11 is 0. The Kier molecular flexibility index (Phi) is 2.77.